The van der Waals surface area contributed by atoms with E-state index in [1.165, 1.54) is 10.9 Å². The van der Waals surface area contributed by atoms with Crippen molar-refractivity contribution in [2.45, 2.75) is 0 Å². The first-order chi connectivity index (χ1) is 7.24. The lowest BCUT2D eigenvalue weighted by Gasteiger charge is -2.02. The number of hydrogen-bond acceptors (Lipinski definition) is 5. The Morgan fingerprint density at radius 3 is 3.07 bits per heavy atom. The maximum absolute atomic E-state index is 11.4. The van der Waals surface area contributed by atoms with Gasteiger partial charge in [0.2, 0.25) is 0 Å². The van der Waals surface area contributed by atoms with Gasteiger partial charge in [-0.15, -0.1) is 5.10 Å². The van der Waals surface area contributed by atoms with Gasteiger partial charge in [-0.2, -0.15) is 0 Å². The Kier molecular flexibility index (Phi) is 4.72. The summed E-state index contributed by atoms with van der Waals surface area (Å²) in [5, 5.41) is 18.3. The molecular weight excluding hydrogens is 200 g/mol. The fourth-order valence-corrected chi connectivity index (χ4v) is 0.945. The highest BCUT2D eigenvalue weighted by atomic mass is 16.5. The van der Waals surface area contributed by atoms with Crippen LogP contribution in [0.3, 0.4) is 0 Å². The summed E-state index contributed by atoms with van der Waals surface area (Å²) in [5.74, 6) is -0.282. The van der Waals surface area contributed by atoms with Crippen molar-refractivity contribution >= 4 is 5.91 Å². The molecule has 0 spiro atoms. The molecule has 0 saturated heterocycles. The number of aryl methyl sites for hydroxylation is 1. The third kappa shape index (κ3) is 4.05. The van der Waals surface area contributed by atoms with Crippen LogP contribution in [0.1, 0.15) is 10.5 Å². The van der Waals surface area contributed by atoms with E-state index in [-0.39, 0.29) is 24.8 Å². The second-order valence-electron chi connectivity index (χ2n) is 2.87. The molecule has 0 aliphatic rings. The number of carbonyl (C=O) groups excluding carboxylic acids is 1. The first-order valence-electron chi connectivity index (χ1n) is 4.57. The average Bonchev–Trinajstić information content (AvgIpc) is 2.64. The van der Waals surface area contributed by atoms with Crippen molar-refractivity contribution in [2.24, 2.45) is 7.05 Å². The van der Waals surface area contributed by atoms with Crippen LogP contribution in [0, 0.1) is 0 Å². The van der Waals surface area contributed by atoms with Crippen LogP contribution in [0.2, 0.25) is 0 Å². The summed E-state index contributed by atoms with van der Waals surface area (Å²) in [6, 6.07) is 0. The molecule has 0 aliphatic heterocycles. The van der Waals surface area contributed by atoms with Gasteiger partial charge in [0.25, 0.3) is 5.91 Å². The first-order valence-corrected chi connectivity index (χ1v) is 4.57. The minimum Gasteiger partial charge on any atom is -0.394 e. The second kappa shape index (κ2) is 6.10. The SMILES string of the molecule is Cn1cc(C(=O)NCCOCCO)nn1. The summed E-state index contributed by atoms with van der Waals surface area (Å²) in [6.07, 6.45) is 1.53. The Morgan fingerprint density at radius 2 is 2.47 bits per heavy atom. The van der Waals surface area contributed by atoms with Gasteiger partial charge in [0.15, 0.2) is 5.69 Å². The Hall–Kier alpha value is -1.47. The van der Waals surface area contributed by atoms with Crippen LogP contribution in [0.4, 0.5) is 0 Å². The molecule has 0 aromatic carbocycles. The fourth-order valence-electron chi connectivity index (χ4n) is 0.945. The van der Waals surface area contributed by atoms with Gasteiger partial charge < -0.3 is 15.2 Å². The number of rotatable bonds is 6. The van der Waals surface area contributed by atoms with Crippen LogP contribution >= 0.6 is 0 Å². The van der Waals surface area contributed by atoms with Gasteiger partial charge in [-0.3, -0.25) is 9.48 Å². The number of ether oxygens (including phenoxy) is 1. The maximum atomic E-state index is 11.4. The summed E-state index contributed by atoms with van der Waals surface area (Å²) in [6.45, 7) is 1.01. The van der Waals surface area contributed by atoms with E-state index in [2.05, 4.69) is 15.6 Å². The lowest BCUT2D eigenvalue weighted by Crippen LogP contribution is -2.27. The monoisotopic (exact) mass is 214 g/mol. The van der Waals surface area contributed by atoms with Crippen molar-refractivity contribution < 1.29 is 14.6 Å². The number of nitrogens with one attached hydrogen (secondary N) is 1. The largest absolute Gasteiger partial charge is 0.394 e. The Bertz CT molecular complexity index is 313. The zero-order chi connectivity index (χ0) is 11.1. The van der Waals surface area contributed by atoms with Gasteiger partial charge >= 0.3 is 0 Å². The molecule has 0 saturated carbocycles. The van der Waals surface area contributed by atoms with E-state index >= 15 is 0 Å². The predicted octanol–water partition coefficient (Wildman–Crippen LogP) is -1.45. The summed E-state index contributed by atoms with van der Waals surface area (Å²) in [5.41, 5.74) is 0.277. The molecule has 1 aromatic rings. The van der Waals surface area contributed by atoms with Gasteiger partial charge in [-0.05, 0) is 0 Å². The van der Waals surface area contributed by atoms with Crippen LogP contribution in [-0.2, 0) is 11.8 Å². The summed E-state index contributed by atoms with van der Waals surface area (Å²) in [4.78, 5) is 11.4. The topological polar surface area (TPSA) is 89.3 Å². The van der Waals surface area contributed by atoms with Crippen molar-refractivity contribution in [1.29, 1.82) is 0 Å². The molecule has 7 nitrogen and oxygen atoms in total. The minimum absolute atomic E-state index is 0.0158. The molecule has 0 atom stereocenters. The molecule has 1 amide bonds. The number of hydrogen-bond donors (Lipinski definition) is 2. The molecule has 0 bridgehead atoms. The molecule has 0 fully saturated rings. The standard InChI is InChI=1S/C8H14N4O3/c1-12-6-7(10-11-12)8(14)9-2-4-15-5-3-13/h6,13H,2-5H2,1H3,(H,9,14). The molecule has 2 N–H and O–H groups in total. The van der Waals surface area contributed by atoms with Gasteiger partial charge in [-0.1, -0.05) is 5.21 Å². The van der Waals surface area contributed by atoms with E-state index in [0.29, 0.717) is 13.2 Å². The molecule has 15 heavy (non-hydrogen) atoms. The third-order valence-electron chi connectivity index (χ3n) is 1.60. The summed E-state index contributed by atoms with van der Waals surface area (Å²) < 4.78 is 6.42. The number of aromatic nitrogens is 3. The van der Waals surface area contributed by atoms with Crippen LogP contribution < -0.4 is 5.32 Å². The normalized spacial score (nSPS) is 10.3. The number of nitrogens with zero attached hydrogens (tertiary/aromatic N) is 3. The molecule has 0 unspecified atom stereocenters. The fraction of sp³-hybridized carbons (Fsp3) is 0.625. The average molecular weight is 214 g/mol. The molecule has 0 radical (unpaired) electrons. The van der Waals surface area contributed by atoms with Gasteiger partial charge in [0.05, 0.1) is 26.0 Å². The zero-order valence-electron chi connectivity index (χ0n) is 8.51. The molecular formula is C8H14N4O3. The second-order valence-corrected chi connectivity index (χ2v) is 2.87. The lowest BCUT2D eigenvalue weighted by atomic mass is 10.4. The van der Waals surface area contributed by atoms with Gasteiger partial charge in [-0.25, -0.2) is 0 Å². The maximum Gasteiger partial charge on any atom is 0.273 e. The summed E-state index contributed by atoms with van der Waals surface area (Å²) in [7, 11) is 1.69. The third-order valence-corrected chi connectivity index (χ3v) is 1.60. The smallest absolute Gasteiger partial charge is 0.273 e. The van der Waals surface area contributed by atoms with E-state index in [0.717, 1.165) is 0 Å². The highest BCUT2D eigenvalue weighted by Gasteiger charge is 2.08. The number of aliphatic hydroxyl groups is 1. The summed E-state index contributed by atoms with van der Waals surface area (Å²) >= 11 is 0. The molecule has 84 valence electrons. The van der Waals surface area contributed by atoms with Crippen LogP contribution in [-0.4, -0.2) is 52.4 Å². The van der Waals surface area contributed by atoms with E-state index in [1.54, 1.807) is 7.05 Å². The van der Waals surface area contributed by atoms with Crippen LogP contribution in [0.5, 0.6) is 0 Å². The molecule has 1 aromatic heterocycles. The van der Waals surface area contributed by atoms with Crippen LogP contribution in [0.25, 0.3) is 0 Å². The Balaban J connectivity index is 2.19. The lowest BCUT2D eigenvalue weighted by molar-refractivity contribution is 0.0835. The zero-order valence-corrected chi connectivity index (χ0v) is 8.51. The molecule has 7 heteroatoms. The highest BCUT2D eigenvalue weighted by molar-refractivity contribution is 5.91. The van der Waals surface area contributed by atoms with E-state index in [4.69, 9.17) is 9.84 Å². The van der Waals surface area contributed by atoms with Crippen LogP contribution in [0.15, 0.2) is 6.20 Å². The number of amides is 1. The first kappa shape index (κ1) is 11.6. The van der Waals surface area contributed by atoms with Crippen molar-refractivity contribution in [2.75, 3.05) is 26.4 Å². The Morgan fingerprint density at radius 1 is 1.67 bits per heavy atom. The number of carbonyl (C=O) groups is 1. The highest BCUT2D eigenvalue weighted by Crippen LogP contribution is 1.89. The molecule has 1 rings (SSSR count). The van der Waals surface area contributed by atoms with Crippen molar-refractivity contribution in [3.8, 4) is 0 Å². The molecule has 1 heterocycles. The minimum atomic E-state index is -0.282. The van der Waals surface area contributed by atoms with Crippen molar-refractivity contribution in [3.63, 3.8) is 0 Å². The van der Waals surface area contributed by atoms with Gasteiger partial charge in [0.1, 0.15) is 0 Å². The quantitative estimate of drug-likeness (QED) is 0.566. The predicted molar refractivity (Wildman–Crippen MR) is 51.2 cm³/mol. The van der Waals surface area contributed by atoms with Gasteiger partial charge in [0, 0.05) is 13.6 Å². The van der Waals surface area contributed by atoms with Crippen molar-refractivity contribution in [3.05, 3.63) is 11.9 Å². The van der Waals surface area contributed by atoms with E-state index in [1.807, 2.05) is 0 Å². The van der Waals surface area contributed by atoms with Crippen molar-refractivity contribution in [1.82, 2.24) is 20.3 Å². The van der Waals surface area contributed by atoms with E-state index < -0.39 is 0 Å². The Labute approximate surface area is 87.0 Å². The van der Waals surface area contributed by atoms with E-state index in [9.17, 15) is 4.79 Å². The molecule has 0 aliphatic carbocycles. The number of aliphatic hydroxyl groups excluding tert-OH is 1.